The minimum Gasteiger partial charge on any atom is -0.359 e. The fourth-order valence-corrected chi connectivity index (χ4v) is 3.11. The third-order valence-electron chi connectivity index (χ3n) is 4.47. The molecule has 0 saturated carbocycles. The Hall–Kier alpha value is -2.70. The fraction of sp³-hybridized carbons (Fsp3) is 0.444. The highest BCUT2D eigenvalue weighted by Crippen LogP contribution is 2.21. The summed E-state index contributed by atoms with van der Waals surface area (Å²) in [5.41, 5.74) is 1.38. The minimum absolute atomic E-state index is 0.0235. The van der Waals surface area contributed by atoms with Gasteiger partial charge in [0.1, 0.15) is 5.69 Å². The predicted octanol–water partition coefficient (Wildman–Crippen LogP) is 1.95. The van der Waals surface area contributed by atoms with Gasteiger partial charge in [0.25, 0.3) is 0 Å². The molecule has 25 heavy (non-hydrogen) atoms. The van der Waals surface area contributed by atoms with Crippen LogP contribution >= 0.6 is 0 Å². The van der Waals surface area contributed by atoms with Crippen LogP contribution in [0.25, 0.3) is 11.4 Å². The smallest absolute Gasteiger partial charge is 0.227 e. The Balaban J connectivity index is 1.62. The summed E-state index contributed by atoms with van der Waals surface area (Å²) in [7, 11) is 1.75. The van der Waals surface area contributed by atoms with Crippen LogP contribution in [0.3, 0.4) is 0 Å². The van der Waals surface area contributed by atoms with Crippen LogP contribution in [-0.4, -0.2) is 51.9 Å². The largest absolute Gasteiger partial charge is 0.359 e. The Bertz CT molecular complexity index is 744. The number of rotatable bonds is 4. The summed E-state index contributed by atoms with van der Waals surface area (Å²) in [4.78, 5) is 31.8. The molecule has 2 aromatic rings. The van der Waals surface area contributed by atoms with E-state index in [2.05, 4.69) is 10.1 Å². The normalized spacial score (nSPS) is 17.4. The molecule has 0 bridgehead atoms. The van der Waals surface area contributed by atoms with Crippen LogP contribution < -0.4 is 0 Å². The molecule has 0 aliphatic carbocycles. The zero-order chi connectivity index (χ0) is 17.8. The number of carbonyl (C=O) groups is 2. The highest BCUT2D eigenvalue weighted by Gasteiger charge is 2.29. The Morgan fingerprint density at radius 3 is 2.92 bits per heavy atom. The van der Waals surface area contributed by atoms with Gasteiger partial charge < -0.3 is 14.3 Å². The zero-order valence-electron chi connectivity index (χ0n) is 14.5. The molecule has 7 nitrogen and oxygen atoms in total. The topological polar surface area (TPSA) is 79.5 Å². The standard InChI is InChI=1S/C18H22N4O3/c1-13(23)22-9-5-6-14(11-22)18(24)21(2)12-15-10-17(20-25-15)16-7-3-4-8-19-16/h3-4,7-8,10,14H,5-6,9,11-12H2,1-2H3/t14-/m0/s1. The van der Waals surface area contributed by atoms with Crippen molar-refractivity contribution in [3.8, 4) is 11.4 Å². The Morgan fingerprint density at radius 2 is 2.20 bits per heavy atom. The number of pyridine rings is 1. The predicted molar refractivity (Wildman–Crippen MR) is 91.2 cm³/mol. The molecule has 3 rings (SSSR count). The van der Waals surface area contributed by atoms with Gasteiger partial charge in [-0.3, -0.25) is 14.6 Å². The molecule has 1 aliphatic heterocycles. The Morgan fingerprint density at radius 1 is 1.36 bits per heavy atom. The maximum absolute atomic E-state index is 12.7. The summed E-state index contributed by atoms with van der Waals surface area (Å²) in [6.45, 7) is 3.12. The van der Waals surface area contributed by atoms with Crippen molar-refractivity contribution < 1.29 is 14.1 Å². The van der Waals surface area contributed by atoms with E-state index in [9.17, 15) is 9.59 Å². The van der Waals surface area contributed by atoms with Crippen molar-refractivity contribution in [2.24, 2.45) is 5.92 Å². The molecule has 0 N–H and O–H groups in total. The third-order valence-corrected chi connectivity index (χ3v) is 4.47. The van der Waals surface area contributed by atoms with Gasteiger partial charge >= 0.3 is 0 Å². The molecular weight excluding hydrogens is 320 g/mol. The molecule has 1 atom stereocenters. The summed E-state index contributed by atoms with van der Waals surface area (Å²) in [5.74, 6) is 0.508. The van der Waals surface area contributed by atoms with Crippen LogP contribution in [0.15, 0.2) is 35.0 Å². The lowest BCUT2D eigenvalue weighted by Crippen LogP contribution is -2.45. The van der Waals surface area contributed by atoms with Gasteiger partial charge in [-0.25, -0.2) is 0 Å². The van der Waals surface area contributed by atoms with Crippen molar-refractivity contribution in [1.82, 2.24) is 19.9 Å². The quantitative estimate of drug-likeness (QED) is 0.848. The molecule has 2 aromatic heterocycles. The number of aromatic nitrogens is 2. The molecule has 1 aliphatic rings. The average molecular weight is 342 g/mol. The van der Waals surface area contributed by atoms with Crippen molar-refractivity contribution in [3.05, 3.63) is 36.2 Å². The number of nitrogens with zero attached hydrogens (tertiary/aromatic N) is 4. The van der Waals surface area contributed by atoms with Crippen LogP contribution in [0.1, 0.15) is 25.5 Å². The molecule has 2 amide bonds. The summed E-state index contributed by atoms with van der Waals surface area (Å²) in [6.07, 6.45) is 3.36. The van der Waals surface area contributed by atoms with E-state index in [1.54, 1.807) is 36.0 Å². The summed E-state index contributed by atoms with van der Waals surface area (Å²) >= 11 is 0. The number of piperidine rings is 1. The van der Waals surface area contributed by atoms with Gasteiger partial charge in [0.05, 0.1) is 18.2 Å². The summed E-state index contributed by atoms with van der Waals surface area (Å²) < 4.78 is 5.34. The van der Waals surface area contributed by atoms with Crippen molar-refractivity contribution in [2.45, 2.75) is 26.3 Å². The lowest BCUT2D eigenvalue weighted by molar-refractivity contribution is -0.139. The van der Waals surface area contributed by atoms with Crippen molar-refractivity contribution in [1.29, 1.82) is 0 Å². The van der Waals surface area contributed by atoms with E-state index in [1.807, 2.05) is 18.2 Å². The molecule has 0 spiro atoms. The van der Waals surface area contributed by atoms with E-state index in [0.717, 1.165) is 25.1 Å². The monoisotopic (exact) mass is 342 g/mol. The maximum Gasteiger partial charge on any atom is 0.227 e. The van der Waals surface area contributed by atoms with E-state index in [0.29, 0.717) is 24.5 Å². The van der Waals surface area contributed by atoms with Gasteiger partial charge in [-0.05, 0) is 25.0 Å². The number of likely N-dealkylation sites (tertiary alicyclic amines) is 1. The highest BCUT2D eigenvalue weighted by molar-refractivity contribution is 5.80. The van der Waals surface area contributed by atoms with Gasteiger partial charge in [-0.15, -0.1) is 0 Å². The summed E-state index contributed by atoms with van der Waals surface area (Å²) in [6, 6.07) is 7.38. The van der Waals surface area contributed by atoms with Gasteiger partial charge in [0.2, 0.25) is 11.8 Å². The van der Waals surface area contributed by atoms with Crippen LogP contribution in [0.5, 0.6) is 0 Å². The first kappa shape index (κ1) is 17.1. The average Bonchev–Trinajstić information content (AvgIpc) is 3.10. The fourth-order valence-electron chi connectivity index (χ4n) is 3.11. The van der Waals surface area contributed by atoms with E-state index in [-0.39, 0.29) is 17.7 Å². The zero-order valence-corrected chi connectivity index (χ0v) is 14.5. The number of hydrogen-bond acceptors (Lipinski definition) is 5. The first-order valence-corrected chi connectivity index (χ1v) is 8.42. The second kappa shape index (κ2) is 7.46. The highest BCUT2D eigenvalue weighted by atomic mass is 16.5. The summed E-state index contributed by atoms with van der Waals surface area (Å²) in [5, 5.41) is 4.02. The molecule has 0 unspecified atom stereocenters. The van der Waals surface area contributed by atoms with Gasteiger partial charge in [-0.2, -0.15) is 0 Å². The molecule has 0 aromatic carbocycles. The van der Waals surface area contributed by atoms with Gasteiger partial charge in [-0.1, -0.05) is 11.2 Å². The number of carbonyl (C=O) groups excluding carboxylic acids is 2. The molecule has 1 saturated heterocycles. The molecule has 1 fully saturated rings. The molecule has 7 heteroatoms. The second-order valence-electron chi connectivity index (χ2n) is 6.39. The lowest BCUT2D eigenvalue weighted by atomic mass is 9.96. The van der Waals surface area contributed by atoms with Crippen LogP contribution in [-0.2, 0) is 16.1 Å². The van der Waals surface area contributed by atoms with Crippen molar-refractivity contribution >= 4 is 11.8 Å². The second-order valence-corrected chi connectivity index (χ2v) is 6.39. The molecule has 3 heterocycles. The Kier molecular flexibility index (Phi) is 5.11. The van der Waals surface area contributed by atoms with Crippen molar-refractivity contribution in [2.75, 3.05) is 20.1 Å². The van der Waals surface area contributed by atoms with E-state index in [1.165, 1.54) is 0 Å². The minimum atomic E-state index is -0.152. The number of amides is 2. The Labute approximate surface area is 146 Å². The van der Waals surface area contributed by atoms with E-state index >= 15 is 0 Å². The van der Waals surface area contributed by atoms with Crippen LogP contribution in [0, 0.1) is 5.92 Å². The van der Waals surface area contributed by atoms with Crippen molar-refractivity contribution in [3.63, 3.8) is 0 Å². The van der Waals surface area contributed by atoms with Gasteiger partial charge in [0, 0.05) is 39.3 Å². The lowest BCUT2D eigenvalue weighted by Gasteiger charge is -2.33. The molecule has 132 valence electrons. The third kappa shape index (κ3) is 4.04. The molecular formula is C18H22N4O3. The van der Waals surface area contributed by atoms with E-state index < -0.39 is 0 Å². The first-order valence-electron chi connectivity index (χ1n) is 8.42. The molecule has 0 radical (unpaired) electrons. The van der Waals surface area contributed by atoms with Crippen LogP contribution in [0.2, 0.25) is 0 Å². The van der Waals surface area contributed by atoms with Crippen LogP contribution in [0.4, 0.5) is 0 Å². The SMILES string of the molecule is CC(=O)N1CCC[C@H](C(=O)N(C)Cc2cc(-c3ccccn3)no2)C1. The van der Waals surface area contributed by atoms with Gasteiger partial charge in [0.15, 0.2) is 5.76 Å². The van der Waals surface area contributed by atoms with E-state index in [4.69, 9.17) is 4.52 Å². The maximum atomic E-state index is 12.7. The number of hydrogen-bond donors (Lipinski definition) is 0. The first-order chi connectivity index (χ1) is 12.0.